The summed E-state index contributed by atoms with van der Waals surface area (Å²) < 4.78 is 34.3. The van der Waals surface area contributed by atoms with Crippen molar-refractivity contribution in [1.29, 1.82) is 0 Å². The monoisotopic (exact) mass is 420 g/mol. The molecule has 29 heavy (non-hydrogen) atoms. The molecule has 2 aromatic rings. The molecule has 1 saturated heterocycles. The lowest BCUT2D eigenvalue weighted by Gasteiger charge is -2.28. The minimum absolute atomic E-state index is 0.00244. The molecular weight excluding hydrogens is 400 g/mol. The Morgan fingerprint density at radius 1 is 1.31 bits per heavy atom. The standard InChI is InChI=1S/C19H19F2N5O2S/c1-18(5-3-4-14(18)20)24-15-12-10-13(17(27)26(2)16(12)23-11-22-15)19(21)6-8-29(25-28)9-7-19/h3-5,10-11H,6-9H2,1-2H3/p+1/t18-,19?,29?/m0/s1. The highest BCUT2D eigenvalue weighted by atomic mass is 32.2. The quantitative estimate of drug-likeness (QED) is 0.771. The Kier molecular flexibility index (Phi) is 4.71. The van der Waals surface area contributed by atoms with E-state index in [2.05, 4.69) is 19.5 Å². The van der Waals surface area contributed by atoms with E-state index in [9.17, 15) is 14.1 Å². The van der Waals surface area contributed by atoms with Crippen LogP contribution in [0.3, 0.4) is 0 Å². The van der Waals surface area contributed by atoms with Gasteiger partial charge in [0, 0.05) is 19.9 Å². The number of fused-ring (bicyclic) bond motifs is 1. The lowest BCUT2D eigenvalue weighted by molar-refractivity contribution is 0.148. The van der Waals surface area contributed by atoms with E-state index < -0.39 is 27.5 Å². The van der Waals surface area contributed by atoms with Gasteiger partial charge in [-0.05, 0) is 19.1 Å². The molecule has 0 unspecified atom stereocenters. The molecule has 152 valence electrons. The third-order valence-electron chi connectivity index (χ3n) is 5.61. The lowest BCUT2D eigenvalue weighted by Crippen LogP contribution is -2.38. The number of alkyl halides is 1. The number of nitroso groups, excluding NO2 is 1. The smallest absolute Gasteiger partial charge is 0.258 e. The second-order valence-corrected chi connectivity index (χ2v) is 9.38. The van der Waals surface area contributed by atoms with E-state index in [4.69, 9.17) is 0 Å². The van der Waals surface area contributed by atoms with Gasteiger partial charge in [0.1, 0.15) is 34.8 Å². The molecule has 10 heteroatoms. The summed E-state index contributed by atoms with van der Waals surface area (Å²) in [6.45, 7) is 1.66. The van der Waals surface area contributed by atoms with Crippen molar-refractivity contribution in [2.75, 3.05) is 16.8 Å². The van der Waals surface area contributed by atoms with E-state index in [1.54, 1.807) is 19.1 Å². The number of allylic oxidation sites excluding steroid dienone is 2. The first-order chi connectivity index (χ1) is 13.8. The molecule has 7 nitrogen and oxygen atoms in total. The molecule has 1 aliphatic heterocycles. The zero-order valence-electron chi connectivity index (χ0n) is 16.0. The Morgan fingerprint density at radius 3 is 2.66 bits per heavy atom. The van der Waals surface area contributed by atoms with Crippen molar-refractivity contribution in [2.45, 2.75) is 31.0 Å². The van der Waals surface area contributed by atoms with Gasteiger partial charge in [-0.1, -0.05) is 12.2 Å². The molecule has 0 amide bonds. The van der Waals surface area contributed by atoms with E-state index in [0.717, 1.165) is 0 Å². The fraction of sp³-hybridized carbons (Fsp3) is 0.421. The summed E-state index contributed by atoms with van der Waals surface area (Å²) in [5, 5.41) is 3.47. The predicted molar refractivity (Wildman–Crippen MR) is 110 cm³/mol. The van der Waals surface area contributed by atoms with Crippen LogP contribution in [0.2, 0.25) is 0 Å². The summed E-state index contributed by atoms with van der Waals surface area (Å²) >= 11 is 0. The Labute approximate surface area is 167 Å². The zero-order valence-corrected chi connectivity index (χ0v) is 16.8. The number of nitrogens with one attached hydrogen (secondary N) is 1. The van der Waals surface area contributed by atoms with E-state index >= 15 is 4.39 Å². The maximum Gasteiger partial charge on any atom is 0.258 e. The van der Waals surface area contributed by atoms with Crippen LogP contribution in [0, 0.1) is 4.91 Å². The highest BCUT2D eigenvalue weighted by molar-refractivity contribution is 7.86. The van der Waals surface area contributed by atoms with E-state index in [-0.39, 0.29) is 24.2 Å². The van der Waals surface area contributed by atoms with Gasteiger partial charge in [-0.25, -0.2) is 18.7 Å². The normalized spacial score (nSPS) is 29.0. The Morgan fingerprint density at radius 2 is 2.03 bits per heavy atom. The van der Waals surface area contributed by atoms with Crippen LogP contribution < -0.4 is 15.1 Å². The zero-order chi connectivity index (χ0) is 20.8. The number of anilines is 1. The van der Waals surface area contributed by atoms with Gasteiger partial charge >= 0.3 is 0 Å². The SMILES string of the molecule is Cn1c(=O)c(C2(F)CCS(=[N+]=O)CC2)cc2c(N[C@@]3(C)C=CC=C3F)ncnc21. The fourth-order valence-electron chi connectivity index (χ4n) is 3.75. The first-order valence-electron chi connectivity index (χ1n) is 9.16. The first-order valence-corrected chi connectivity index (χ1v) is 10.7. The van der Waals surface area contributed by atoms with Crippen LogP contribution in [0.15, 0.2) is 41.2 Å². The van der Waals surface area contributed by atoms with Gasteiger partial charge in [-0.2, -0.15) is 0 Å². The summed E-state index contributed by atoms with van der Waals surface area (Å²) in [6.07, 6.45) is 6.00. The van der Waals surface area contributed by atoms with Crippen LogP contribution in [0.4, 0.5) is 14.6 Å². The van der Waals surface area contributed by atoms with Gasteiger partial charge in [-0.3, -0.25) is 9.36 Å². The molecule has 1 atom stereocenters. The predicted octanol–water partition coefficient (Wildman–Crippen LogP) is 2.52. The highest BCUT2D eigenvalue weighted by Crippen LogP contribution is 2.37. The number of nitrogens with zero attached hydrogens (tertiary/aromatic N) is 4. The fourth-order valence-corrected chi connectivity index (χ4v) is 5.22. The van der Waals surface area contributed by atoms with Crippen molar-refractivity contribution >= 4 is 27.5 Å². The number of aryl methyl sites for hydroxylation is 1. The van der Waals surface area contributed by atoms with Crippen molar-refractivity contribution < 1.29 is 8.78 Å². The van der Waals surface area contributed by atoms with Crippen LogP contribution in [0.25, 0.3) is 11.0 Å². The number of halogens is 2. The lowest BCUT2D eigenvalue weighted by atomic mass is 9.90. The van der Waals surface area contributed by atoms with Gasteiger partial charge in [-0.15, -0.1) is 0 Å². The van der Waals surface area contributed by atoms with Gasteiger partial charge in [0.2, 0.25) is 14.9 Å². The van der Waals surface area contributed by atoms with Crippen molar-refractivity contribution in [1.82, 2.24) is 18.8 Å². The molecule has 0 spiro atoms. The topological polar surface area (TPSA) is 91.0 Å². The van der Waals surface area contributed by atoms with Gasteiger partial charge in [0.05, 0.1) is 22.5 Å². The summed E-state index contributed by atoms with van der Waals surface area (Å²) in [7, 11) is 0.820. The van der Waals surface area contributed by atoms with Gasteiger partial charge < -0.3 is 5.32 Å². The number of hydrogen-bond donors (Lipinski definition) is 1. The van der Waals surface area contributed by atoms with Gasteiger partial charge in [0.25, 0.3) is 5.56 Å². The first kappa shape index (κ1) is 19.6. The average molecular weight is 420 g/mol. The summed E-state index contributed by atoms with van der Waals surface area (Å²) in [5.41, 5.74) is -3.10. The number of aromatic nitrogens is 3. The minimum Gasteiger partial charge on any atom is -0.354 e. The molecule has 2 aliphatic rings. The van der Waals surface area contributed by atoms with Crippen molar-refractivity contribution in [3.63, 3.8) is 0 Å². The van der Waals surface area contributed by atoms with Crippen molar-refractivity contribution in [3.05, 3.63) is 57.3 Å². The molecule has 3 heterocycles. The molecule has 0 aromatic carbocycles. The van der Waals surface area contributed by atoms with Crippen LogP contribution >= 0.6 is 0 Å². The second kappa shape index (κ2) is 6.96. The molecule has 0 saturated carbocycles. The molecule has 1 fully saturated rings. The average Bonchev–Trinajstić information content (AvgIpc) is 3.03. The maximum atomic E-state index is 15.8. The Balaban J connectivity index is 1.85. The summed E-state index contributed by atoms with van der Waals surface area (Å²) in [5.74, 6) is 0.558. The largest absolute Gasteiger partial charge is 0.354 e. The molecular formula is C19H20F2N5O2S+. The van der Waals surface area contributed by atoms with Crippen molar-refractivity contribution in [2.24, 2.45) is 7.05 Å². The molecule has 0 radical (unpaired) electrons. The maximum absolute atomic E-state index is 15.8. The van der Waals surface area contributed by atoms with E-state index in [1.165, 1.54) is 30.1 Å². The van der Waals surface area contributed by atoms with E-state index in [1.807, 2.05) is 0 Å². The Hall–Kier alpha value is -2.71. The molecule has 2 aromatic heterocycles. The van der Waals surface area contributed by atoms with Crippen LogP contribution in [-0.2, 0) is 23.4 Å². The number of pyridine rings is 1. The molecule has 4 rings (SSSR count). The summed E-state index contributed by atoms with van der Waals surface area (Å²) in [4.78, 5) is 32.0. The molecule has 0 bridgehead atoms. The minimum atomic E-state index is -1.85. The molecule has 1 aliphatic carbocycles. The van der Waals surface area contributed by atoms with Gasteiger partial charge in [0.15, 0.2) is 4.91 Å². The number of hydrogen-bond acceptors (Lipinski definition) is 5. The van der Waals surface area contributed by atoms with Crippen LogP contribution in [-0.4, -0.2) is 31.6 Å². The third kappa shape index (κ3) is 3.22. The van der Waals surface area contributed by atoms with E-state index in [0.29, 0.717) is 28.4 Å². The van der Waals surface area contributed by atoms with Crippen molar-refractivity contribution in [3.8, 4) is 0 Å². The van der Waals surface area contributed by atoms with Crippen LogP contribution in [0.1, 0.15) is 25.3 Å². The van der Waals surface area contributed by atoms with Crippen LogP contribution in [0.5, 0.6) is 0 Å². The second-order valence-electron chi connectivity index (χ2n) is 7.49. The number of rotatable bonds is 3. The summed E-state index contributed by atoms with van der Waals surface area (Å²) in [6, 6.07) is 1.46. The Bertz CT molecular complexity index is 1180. The highest BCUT2D eigenvalue weighted by Gasteiger charge is 2.41. The third-order valence-corrected chi connectivity index (χ3v) is 7.17. The molecule has 1 N–H and O–H groups in total.